The molecular formula is C11H11NO2. The maximum absolute atomic E-state index is 11.8. The number of phenolic OH excluding ortho intramolecular Hbond substituents is 1. The summed E-state index contributed by atoms with van der Waals surface area (Å²) in [4.78, 5) is 11.8. The van der Waals surface area contributed by atoms with Crippen molar-refractivity contribution in [3.05, 3.63) is 40.3 Å². The van der Waals surface area contributed by atoms with Crippen LogP contribution < -0.4 is 5.56 Å². The van der Waals surface area contributed by atoms with Crippen LogP contribution in [0.2, 0.25) is 0 Å². The molecule has 0 amide bonds. The van der Waals surface area contributed by atoms with Crippen molar-refractivity contribution in [3.8, 4) is 5.75 Å². The summed E-state index contributed by atoms with van der Waals surface area (Å²) in [6, 6.07) is 6.76. The maximum Gasteiger partial charge on any atom is 0.258 e. The van der Waals surface area contributed by atoms with Gasteiger partial charge in [-0.2, -0.15) is 0 Å². The van der Waals surface area contributed by atoms with E-state index in [0.29, 0.717) is 5.39 Å². The zero-order valence-electron chi connectivity index (χ0n) is 8.11. The zero-order valence-corrected chi connectivity index (χ0v) is 8.11. The lowest BCUT2D eigenvalue weighted by Crippen LogP contribution is -2.18. The van der Waals surface area contributed by atoms with Crippen molar-refractivity contribution >= 4 is 10.8 Å². The topological polar surface area (TPSA) is 42.2 Å². The fourth-order valence-electron chi connectivity index (χ4n) is 1.52. The minimum atomic E-state index is -0.0732. The summed E-state index contributed by atoms with van der Waals surface area (Å²) < 4.78 is 1.57. The number of benzene rings is 1. The molecular weight excluding hydrogens is 178 g/mol. The van der Waals surface area contributed by atoms with Crippen molar-refractivity contribution in [2.24, 2.45) is 7.05 Å². The highest BCUT2D eigenvalue weighted by Crippen LogP contribution is 2.17. The predicted octanol–water partition coefficient (Wildman–Crippen LogP) is 1.55. The lowest BCUT2D eigenvalue weighted by molar-refractivity contribution is 0.476. The number of aryl methyl sites for hydroxylation is 1. The molecule has 0 fully saturated rings. The van der Waals surface area contributed by atoms with Gasteiger partial charge in [-0.1, -0.05) is 6.07 Å². The van der Waals surface area contributed by atoms with Crippen LogP contribution >= 0.6 is 0 Å². The largest absolute Gasteiger partial charge is 0.508 e. The Hall–Kier alpha value is -1.77. The minimum Gasteiger partial charge on any atom is -0.508 e. The molecule has 0 saturated carbocycles. The van der Waals surface area contributed by atoms with Crippen LogP contribution in [0, 0.1) is 6.92 Å². The van der Waals surface area contributed by atoms with E-state index in [1.807, 2.05) is 13.0 Å². The number of nitrogens with zero attached hydrogens (tertiary/aromatic N) is 1. The Morgan fingerprint density at radius 3 is 2.71 bits per heavy atom. The monoisotopic (exact) mass is 189 g/mol. The molecule has 0 aliphatic rings. The van der Waals surface area contributed by atoms with Gasteiger partial charge in [0.1, 0.15) is 5.75 Å². The number of phenols is 1. The average Bonchev–Trinajstić information content (AvgIpc) is 2.16. The van der Waals surface area contributed by atoms with E-state index in [2.05, 4.69) is 0 Å². The molecule has 0 saturated heterocycles. The fourth-order valence-corrected chi connectivity index (χ4v) is 1.52. The van der Waals surface area contributed by atoms with Gasteiger partial charge in [0.2, 0.25) is 0 Å². The van der Waals surface area contributed by atoms with E-state index in [-0.39, 0.29) is 11.3 Å². The van der Waals surface area contributed by atoms with Crippen LogP contribution in [0.25, 0.3) is 10.8 Å². The highest BCUT2D eigenvalue weighted by molar-refractivity contribution is 5.83. The number of pyridine rings is 1. The number of rotatable bonds is 0. The molecule has 1 heterocycles. The average molecular weight is 189 g/mol. The van der Waals surface area contributed by atoms with Crippen molar-refractivity contribution in [2.75, 3.05) is 0 Å². The summed E-state index contributed by atoms with van der Waals surface area (Å²) in [5.74, 6) is 0.124. The van der Waals surface area contributed by atoms with Crippen LogP contribution in [0.1, 0.15) is 5.69 Å². The Morgan fingerprint density at radius 1 is 1.29 bits per heavy atom. The van der Waals surface area contributed by atoms with Gasteiger partial charge in [-0.05, 0) is 30.5 Å². The second-order valence-electron chi connectivity index (χ2n) is 3.42. The summed E-state index contributed by atoms with van der Waals surface area (Å²) >= 11 is 0. The first-order valence-corrected chi connectivity index (χ1v) is 4.39. The first-order chi connectivity index (χ1) is 6.59. The van der Waals surface area contributed by atoms with E-state index in [4.69, 9.17) is 0 Å². The van der Waals surface area contributed by atoms with E-state index in [1.54, 1.807) is 23.7 Å². The van der Waals surface area contributed by atoms with Crippen LogP contribution in [0.4, 0.5) is 0 Å². The fraction of sp³-hybridized carbons (Fsp3) is 0.182. The Morgan fingerprint density at radius 2 is 2.00 bits per heavy atom. The Kier molecular flexibility index (Phi) is 1.81. The third kappa shape index (κ3) is 1.18. The summed E-state index contributed by atoms with van der Waals surface area (Å²) in [7, 11) is 1.72. The summed E-state index contributed by atoms with van der Waals surface area (Å²) in [5.41, 5.74) is 0.837. The Balaban J connectivity index is 2.99. The molecule has 0 aliphatic carbocycles. The molecule has 3 heteroatoms. The molecule has 14 heavy (non-hydrogen) atoms. The first-order valence-electron chi connectivity index (χ1n) is 4.39. The van der Waals surface area contributed by atoms with Crippen LogP contribution in [-0.2, 0) is 7.05 Å². The van der Waals surface area contributed by atoms with Crippen LogP contribution in [-0.4, -0.2) is 9.67 Å². The molecule has 1 N–H and O–H groups in total. The van der Waals surface area contributed by atoms with Crippen molar-refractivity contribution in [3.63, 3.8) is 0 Å². The molecule has 2 rings (SSSR count). The molecule has 3 nitrogen and oxygen atoms in total. The number of hydrogen-bond donors (Lipinski definition) is 1. The minimum absolute atomic E-state index is 0.0732. The van der Waals surface area contributed by atoms with Crippen molar-refractivity contribution in [1.82, 2.24) is 4.57 Å². The summed E-state index contributed by atoms with van der Waals surface area (Å²) in [6.45, 7) is 1.88. The molecule has 1 aromatic heterocycles. The molecule has 2 aromatic rings. The molecule has 0 radical (unpaired) electrons. The third-order valence-electron chi connectivity index (χ3n) is 2.47. The number of hydrogen-bond acceptors (Lipinski definition) is 2. The van der Waals surface area contributed by atoms with Crippen LogP contribution in [0.3, 0.4) is 0 Å². The molecule has 0 aliphatic heterocycles. The van der Waals surface area contributed by atoms with E-state index in [1.165, 1.54) is 6.07 Å². The second-order valence-corrected chi connectivity index (χ2v) is 3.42. The lowest BCUT2D eigenvalue weighted by Gasteiger charge is -2.05. The molecule has 0 spiro atoms. The first kappa shape index (κ1) is 8.81. The van der Waals surface area contributed by atoms with Gasteiger partial charge >= 0.3 is 0 Å². The smallest absolute Gasteiger partial charge is 0.258 e. The number of aromatic hydroxyl groups is 1. The van der Waals surface area contributed by atoms with Gasteiger partial charge in [0.15, 0.2) is 0 Å². The van der Waals surface area contributed by atoms with E-state index in [0.717, 1.165) is 11.1 Å². The van der Waals surface area contributed by atoms with Crippen LogP contribution in [0.15, 0.2) is 29.1 Å². The zero-order chi connectivity index (χ0) is 10.3. The quantitative estimate of drug-likeness (QED) is 0.683. The van der Waals surface area contributed by atoms with E-state index < -0.39 is 0 Å². The molecule has 0 atom stereocenters. The second kappa shape index (κ2) is 2.87. The maximum atomic E-state index is 11.8. The van der Waals surface area contributed by atoms with Crippen molar-refractivity contribution in [2.45, 2.75) is 6.92 Å². The highest BCUT2D eigenvalue weighted by atomic mass is 16.3. The van der Waals surface area contributed by atoms with Gasteiger partial charge in [-0.15, -0.1) is 0 Å². The molecule has 1 aromatic carbocycles. The molecule has 72 valence electrons. The van der Waals surface area contributed by atoms with Gasteiger partial charge in [0.25, 0.3) is 5.56 Å². The summed E-state index contributed by atoms with van der Waals surface area (Å²) in [6.07, 6.45) is 0. The predicted molar refractivity (Wildman–Crippen MR) is 55.6 cm³/mol. The molecule has 0 bridgehead atoms. The Labute approximate surface area is 81.2 Å². The van der Waals surface area contributed by atoms with Crippen LogP contribution in [0.5, 0.6) is 5.75 Å². The van der Waals surface area contributed by atoms with Gasteiger partial charge in [0, 0.05) is 12.7 Å². The molecule has 0 unspecified atom stereocenters. The summed E-state index contributed by atoms with van der Waals surface area (Å²) in [5, 5.41) is 10.7. The normalized spacial score (nSPS) is 10.7. The number of aromatic nitrogens is 1. The Bertz CT molecular complexity index is 555. The number of fused-ring (bicyclic) bond motifs is 1. The standard InChI is InChI=1S/C11H11NO2/c1-7-5-8-3-4-9(13)6-10(8)11(14)12(7)2/h3-6,13H,1-2H3. The van der Waals surface area contributed by atoms with Crippen molar-refractivity contribution in [1.29, 1.82) is 0 Å². The highest BCUT2D eigenvalue weighted by Gasteiger charge is 2.03. The van der Waals surface area contributed by atoms with E-state index >= 15 is 0 Å². The van der Waals surface area contributed by atoms with Crippen molar-refractivity contribution < 1.29 is 5.11 Å². The van der Waals surface area contributed by atoms with E-state index in [9.17, 15) is 9.90 Å². The third-order valence-corrected chi connectivity index (χ3v) is 2.47. The SMILES string of the molecule is Cc1cc2ccc(O)cc2c(=O)n1C. The lowest BCUT2D eigenvalue weighted by atomic mass is 10.1. The van der Waals surface area contributed by atoms with Gasteiger partial charge in [-0.3, -0.25) is 4.79 Å². The van der Waals surface area contributed by atoms with Gasteiger partial charge in [-0.25, -0.2) is 0 Å². The van der Waals surface area contributed by atoms with Gasteiger partial charge in [0.05, 0.1) is 5.39 Å². The van der Waals surface area contributed by atoms with Gasteiger partial charge < -0.3 is 9.67 Å².